The van der Waals surface area contributed by atoms with Crippen molar-refractivity contribution in [3.8, 4) is 6.07 Å². The number of pyridine rings is 1. The largest absolute Gasteiger partial charge is 0.373 e. The molecule has 0 aliphatic carbocycles. The highest BCUT2D eigenvalue weighted by atomic mass is 32.2. The number of sulfonamides is 1. The molecule has 0 bridgehead atoms. The number of nitriles is 1. The van der Waals surface area contributed by atoms with Crippen LogP contribution in [0.5, 0.6) is 0 Å². The van der Waals surface area contributed by atoms with E-state index in [2.05, 4.69) is 4.98 Å². The molecule has 0 radical (unpaired) electrons. The molecule has 1 aliphatic heterocycles. The van der Waals surface area contributed by atoms with Crippen LogP contribution < -0.4 is 5.56 Å². The zero-order chi connectivity index (χ0) is 21.6. The molecule has 1 unspecified atom stereocenters. The van der Waals surface area contributed by atoms with Gasteiger partial charge in [0.1, 0.15) is 0 Å². The SMILES string of the molecule is CN(C1COCc2[nH]c(=O)c3cc(F)c(F)cc3c21)S(=O)(=O)c1cccc(C#N)c1. The highest BCUT2D eigenvalue weighted by Gasteiger charge is 2.35. The zero-order valence-corrected chi connectivity index (χ0v) is 16.5. The Morgan fingerprint density at radius 3 is 2.60 bits per heavy atom. The van der Waals surface area contributed by atoms with E-state index in [1.54, 1.807) is 0 Å². The second-order valence-electron chi connectivity index (χ2n) is 6.85. The molecule has 2 heterocycles. The summed E-state index contributed by atoms with van der Waals surface area (Å²) in [5.74, 6) is -2.32. The molecule has 0 spiro atoms. The number of H-pyrrole nitrogens is 1. The monoisotopic (exact) mass is 431 g/mol. The molecule has 7 nitrogen and oxygen atoms in total. The van der Waals surface area contributed by atoms with Gasteiger partial charge in [0.05, 0.1) is 41.2 Å². The Kier molecular flexibility index (Phi) is 4.89. The molecule has 30 heavy (non-hydrogen) atoms. The van der Waals surface area contributed by atoms with Gasteiger partial charge in [-0.2, -0.15) is 9.57 Å². The van der Waals surface area contributed by atoms with Gasteiger partial charge in [-0.25, -0.2) is 17.2 Å². The highest BCUT2D eigenvalue weighted by Crippen LogP contribution is 2.36. The molecule has 0 saturated carbocycles. The van der Waals surface area contributed by atoms with Crippen molar-refractivity contribution >= 4 is 20.8 Å². The predicted molar refractivity (Wildman–Crippen MR) is 103 cm³/mol. The van der Waals surface area contributed by atoms with Crippen molar-refractivity contribution in [2.24, 2.45) is 0 Å². The summed E-state index contributed by atoms with van der Waals surface area (Å²) in [6, 6.07) is 8.21. The molecule has 0 amide bonds. The van der Waals surface area contributed by atoms with Crippen molar-refractivity contribution in [2.75, 3.05) is 13.7 Å². The Bertz CT molecular complexity index is 1380. The Labute approximate surface area is 170 Å². The normalized spacial score (nSPS) is 16.4. The Balaban J connectivity index is 1.90. The molecule has 1 aliphatic rings. The number of halogens is 2. The van der Waals surface area contributed by atoms with Crippen LogP contribution in [-0.2, 0) is 21.4 Å². The topological polar surface area (TPSA) is 103 Å². The first-order valence-corrected chi connectivity index (χ1v) is 10.3. The van der Waals surface area contributed by atoms with Crippen molar-refractivity contribution in [1.29, 1.82) is 5.26 Å². The third kappa shape index (κ3) is 3.17. The summed E-state index contributed by atoms with van der Waals surface area (Å²) in [6.45, 7) is -0.0609. The predicted octanol–water partition coefficient (Wildman–Crippen LogP) is 2.57. The first-order chi connectivity index (χ1) is 14.2. The number of rotatable bonds is 3. The molecule has 0 saturated heterocycles. The van der Waals surface area contributed by atoms with Crippen molar-refractivity contribution in [2.45, 2.75) is 17.5 Å². The van der Waals surface area contributed by atoms with E-state index in [1.165, 1.54) is 31.3 Å². The van der Waals surface area contributed by atoms with Crippen LogP contribution in [0.15, 0.2) is 46.1 Å². The minimum atomic E-state index is -4.07. The average Bonchev–Trinajstić information content (AvgIpc) is 2.74. The standard InChI is InChI=1S/C20H15F2N3O4S/c1-25(30(27,28)12-4-2-3-11(5-12)8-23)18-10-29-9-17-19(18)13-6-15(21)16(22)7-14(13)20(26)24-17/h2-7,18H,9-10H2,1H3,(H,24,26). The van der Waals surface area contributed by atoms with Crippen molar-refractivity contribution < 1.29 is 21.9 Å². The van der Waals surface area contributed by atoms with Gasteiger partial charge in [0.25, 0.3) is 5.56 Å². The van der Waals surface area contributed by atoms with Crippen LogP contribution in [0.25, 0.3) is 10.8 Å². The Hall–Kier alpha value is -3.13. The Morgan fingerprint density at radius 2 is 1.90 bits per heavy atom. The molecule has 10 heteroatoms. The van der Waals surface area contributed by atoms with Gasteiger partial charge >= 0.3 is 0 Å². The first-order valence-electron chi connectivity index (χ1n) is 8.84. The van der Waals surface area contributed by atoms with E-state index in [9.17, 15) is 22.0 Å². The van der Waals surface area contributed by atoms with Crippen LogP contribution in [-0.4, -0.2) is 31.4 Å². The van der Waals surface area contributed by atoms with Crippen molar-refractivity contribution in [3.05, 3.63) is 75.2 Å². The van der Waals surface area contributed by atoms with Gasteiger partial charge in [0.15, 0.2) is 11.6 Å². The molecule has 4 rings (SSSR count). The third-order valence-corrected chi connectivity index (χ3v) is 6.98. The van der Waals surface area contributed by atoms with Crippen LogP contribution in [0.1, 0.15) is 22.9 Å². The summed E-state index contributed by atoms with van der Waals surface area (Å²) in [4.78, 5) is 14.8. The molecular weight excluding hydrogens is 416 g/mol. The van der Waals surface area contributed by atoms with E-state index in [0.29, 0.717) is 11.3 Å². The Morgan fingerprint density at radius 1 is 1.20 bits per heavy atom. The summed E-state index contributed by atoms with van der Waals surface area (Å²) < 4.78 is 60.6. The number of hydrogen-bond donors (Lipinski definition) is 1. The number of hydrogen-bond acceptors (Lipinski definition) is 5. The lowest BCUT2D eigenvalue weighted by Crippen LogP contribution is -2.37. The molecular formula is C20H15F2N3O4S. The van der Waals surface area contributed by atoms with E-state index in [0.717, 1.165) is 16.4 Å². The maximum absolute atomic E-state index is 14.0. The lowest BCUT2D eigenvalue weighted by molar-refractivity contribution is 0.0626. The van der Waals surface area contributed by atoms with Crippen LogP contribution in [0, 0.1) is 23.0 Å². The van der Waals surface area contributed by atoms with Gasteiger partial charge in [-0.05, 0) is 35.7 Å². The fraction of sp³-hybridized carbons (Fsp3) is 0.200. The molecule has 0 fully saturated rings. The maximum Gasteiger partial charge on any atom is 0.256 e. The molecule has 3 aromatic rings. The van der Waals surface area contributed by atoms with Crippen LogP contribution >= 0.6 is 0 Å². The number of aromatic amines is 1. The first kappa shape index (κ1) is 20.2. The number of nitrogens with one attached hydrogen (secondary N) is 1. The second-order valence-corrected chi connectivity index (χ2v) is 8.85. The molecule has 1 atom stereocenters. The minimum absolute atomic E-state index is 0.00614. The van der Waals surface area contributed by atoms with E-state index in [1.807, 2.05) is 6.07 Å². The van der Waals surface area contributed by atoms with Gasteiger partial charge < -0.3 is 9.72 Å². The third-order valence-electron chi connectivity index (χ3n) is 5.12. The number of likely N-dealkylation sites (N-methyl/N-ethyl adjacent to an activating group) is 1. The van der Waals surface area contributed by atoms with Crippen molar-refractivity contribution in [3.63, 3.8) is 0 Å². The number of fused-ring (bicyclic) bond motifs is 3. The molecule has 1 N–H and O–H groups in total. The smallest absolute Gasteiger partial charge is 0.256 e. The zero-order valence-electron chi connectivity index (χ0n) is 15.6. The van der Waals surface area contributed by atoms with E-state index >= 15 is 0 Å². The molecule has 1 aromatic heterocycles. The highest BCUT2D eigenvalue weighted by molar-refractivity contribution is 7.89. The van der Waals surface area contributed by atoms with Crippen LogP contribution in [0.3, 0.4) is 0 Å². The summed E-state index contributed by atoms with van der Waals surface area (Å²) in [5, 5.41) is 9.09. The molecule has 2 aromatic carbocycles. The summed E-state index contributed by atoms with van der Waals surface area (Å²) in [6.07, 6.45) is 0. The lowest BCUT2D eigenvalue weighted by atomic mass is 9.96. The number of nitrogens with zero attached hydrogens (tertiary/aromatic N) is 2. The average molecular weight is 431 g/mol. The fourth-order valence-electron chi connectivity index (χ4n) is 3.59. The van der Waals surface area contributed by atoms with E-state index in [-0.39, 0.29) is 34.4 Å². The lowest BCUT2D eigenvalue weighted by Gasteiger charge is -2.33. The van der Waals surface area contributed by atoms with Gasteiger partial charge in [0, 0.05) is 18.3 Å². The van der Waals surface area contributed by atoms with E-state index < -0.39 is 33.3 Å². The summed E-state index contributed by atoms with van der Waals surface area (Å²) in [5.41, 5.74) is 0.191. The number of aromatic nitrogens is 1. The summed E-state index contributed by atoms with van der Waals surface area (Å²) in [7, 11) is -2.74. The van der Waals surface area contributed by atoms with Crippen molar-refractivity contribution in [1.82, 2.24) is 9.29 Å². The van der Waals surface area contributed by atoms with E-state index in [4.69, 9.17) is 10.00 Å². The van der Waals surface area contributed by atoms with Gasteiger partial charge in [0.2, 0.25) is 10.0 Å². The van der Waals surface area contributed by atoms with Gasteiger partial charge in [-0.1, -0.05) is 6.07 Å². The number of benzene rings is 2. The van der Waals surface area contributed by atoms with Crippen LogP contribution in [0.2, 0.25) is 0 Å². The fourth-order valence-corrected chi connectivity index (χ4v) is 4.95. The second kappa shape index (κ2) is 7.28. The summed E-state index contributed by atoms with van der Waals surface area (Å²) >= 11 is 0. The number of ether oxygens (including phenoxy) is 1. The quantitative estimate of drug-likeness (QED) is 0.687. The molecule has 154 valence electrons. The van der Waals surface area contributed by atoms with Crippen LogP contribution in [0.4, 0.5) is 8.78 Å². The van der Waals surface area contributed by atoms with Gasteiger partial charge in [-0.15, -0.1) is 0 Å². The van der Waals surface area contributed by atoms with Gasteiger partial charge in [-0.3, -0.25) is 4.79 Å². The maximum atomic E-state index is 14.0. The minimum Gasteiger partial charge on any atom is -0.373 e.